The van der Waals surface area contributed by atoms with Crippen LogP contribution in [-0.4, -0.2) is 24.1 Å². The molecule has 4 heteroatoms. The maximum absolute atomic E-state index is 12.7. The third-order valence-corrected chi connectivity index (χ3v) is 4.45. The highest BCUT2D eigenvalue weighted by atomic mass is 35.5. The fourth-order valence-corrected chi connectivity index (χ4v) is 2.98. The quantitative estimate of drug-likeness (QED) is 0.564. The van der Waals surface area contributed by atoms with E-state index in [2.05, 4.69) is 9.84 Å². The summed E-state index contributed by atoms with van der Waals surface area (Å²) in [6, 6.07) is 14.2. The van der Waals surface area contributed by atoms with Crippen LogP contribution in [0, 0.1) is 6.57 Å². The van der Waals surface area contributed by atoms with Crippen molar-refractivity contribution in [2.24, 2.45) is 4.99 Å². The number of Topliss-reactive ketones (excluding diaryl/α,β-unsaturated/α-hetero) is 1. The van der Waals surface area contributed by atoms with Gasteiger partial charge in [-0.3, -0.25) is 14.6 Å². The number of carbonyl (C=O) groups is 1. The van der Waals surface area contributed by atoms with Gasteiger partial charge in [-0.1, -0.05) is 48.0 Å². The second kappa shape index (κ2) is 7.42. The summed E-state index contributed by atoms with van der Waals surface area (Å²) < 4.78 is 0. The number of hydrogen-bond donors (Lipinski definition) is 0. The summed E-state index contributed by atoms with van der Waals surface area (Å²) in [5.74, 6) is -0.159. The van der Waals surface area contributed by atoms with E-state index in [1.165, 1.54) is 0 Å². The van der Waals surface area contributed by atoms with Gasteiger partial charge >= 0.3 is 6.04 Å². The van der Waals surface area contributed by atoms with E-state index < -0.39 is 6.04 Å². The van der Waals surface area contributed by atoms with E-state index in [1.54, 1.807) is 12.1 Å². The molecule has 3 nitrogen and oxygen atoms in total. The predicted octanol–water partition coefficient (Wildman–Crippen LogP) is 5.10. The molecular formula is C20H17ClN2O. The van der Waals surface area contributed by atoms with E-state index in [4.69, 9.17) is 18.2 Å². The van der Waals surface area contributed by atoms with Gasteiger partial charge in [0.1, 0.15) is 5.71 Å². The Bertz CT molecular complexity index is 801. The van der Waals surface area contributed by atoms with Crippen LogP contribution < -0.4 is 0 Å². The van der Waals surface area contributed by atoms with Crippen molar-refractivity contribution in [3.8, 4) is 11.1 Å². The van der Waals surface area contributed by atoms with Crippen LogP contribution in [0.1, 0.15) is 29.6 Å². The Hall–Kier alpha value is -2.44. The van der Waals surface area contributed by atoms with E-state index >= 15 is 0 Å². The van der Waals surface area contributed by atoms with E-state index in [0.717, 1.165) is 42.6 Å². The molecule has 2 aromatic rings. The molecule has 2 aromatic carbocycles. The molecule has 120 valence electrons. The molecule has 1 atom stereocenters. The zero-order valence-electron chi connectivity index (χ0n) is 13.2. The highest BCUT2D eigenvalue weighted by Crippen LogP contribution is 2.23. The van der Waals surface area contributed by atoms with Crippen LogP contribution in [0.5, 0.6) is 0 Å². The number of halogens is 1. The van der Waals surface area contributed by atoms with Gasteiger partial charge < -0.3 is 0 Å². The Morgan fingerprint density at radius 2 is 1.67 bits per heavy atom. The first-order valence-electron chi connectivity index (χ1n) is 7.99. The molecule has 0 radical (unpaired) electrons. The molecule has 0 aliphatic carbocycles. The first-order valence-corrected chi connectivity index (χ1v) is 8.37. The van der Waals surface area contributed by atoms with Crippen molar-refractivity contribution >= 4 is 23.1 Å². The topological polar surface area (TPSA) is 33.8 Å². The molecule has 0 amide bonds. The smallest absolute Gasteiger partial charge is 0.298 e. The van der Waals surface area contributed by atoms with Crippen LogP contribution in [0.25, 0.3) is 16.0 Å². The van der Waals surface area contributed by atoms with Gasteiger partial charge in [0, 0.05) is 17.1 Å². The molecule has 0 spiro atoms. The van der Waals surface area contributed by atoms with Crippen LogP contribution in [0.15, 0.2) is 53.5 Å². The van der Waals surface area contributed by atoms with Gasteiger partial charge in [-0.15, -0.1) is 0 Å². The van der Waals surface area contributed by atoms with Crippen LogP contribution in [0.4, 0.5) is 0 Å². The highest BCUT2D eigenvalue weighted by Gasteiger charge is 2.31. The largest absolute Gasteiger partial charge is 0.322 e. The number of aliphatic imine (C=N–C) groups is 1. The first kappa shape index (κ1) is 16.4. The lowest BCUT2D eigenvalue weighted by molar-refractivity contribution is 0.0994. The maximum atomic E-state index is 12.7. The summed E-state index contributed by atoms with van der Waals surface area (Å²) in [5, 5.41) is 0.693. The third-order valence-electron chi connectivity index (χ3n) is 4.20. The van der Waals surface area contributed by atoms with Gasteiger partial charge in [0.25, 0.3) is 5.78 Å². The number of hydrogen-bond acceptors (Lipinski definition) is 2. The Morgan fingerprint density at radius 3 is 2.21 bits per heavy atom. The van der Waals surface area contributed by atoms with Crippen molar-refractivity contribution in [3.05, 3.63) is 70.5 Å². The van der Waals surface area contributed by atoms with Gasteiger partial charge in [0.15, 0.2) is 0 Å². The van der Waals surface area contributed by atoms with Crippen molar-refractivity contribution in [3.63, 3.8) is 0 Å². The molecule has 0 aromatic heterocycles. The molecule has 0 saturated carbocycles. The summed E-state index contributed by atoms with van der Waals surface area (Å²) >= 11 is 5.91. The lowest BCUT2D eigenvalue weighted by Gasteiger charge is -2.13. The number of carbonyl (C=O) groups excluding carboxylic acids is 1. The van der Waals surface area contributed by atoms with Crippen molar-refractivity contribution in [2.75, 3.05) is 6.54 Å². The molecular weight excluding hydrogens is 320 g/mol. The van der Waals surface area contributed by atoms with E-state index in [-0.39, 0.29) is 5.78 Å². The maximum Gasteiger partial charge on any atom is 0.322 e. The normalized spacial score (nSPS) is 15.2. The number of ketones is 1. The monoisotopic (exact) mass is 336 g/mol. The summed E-state index contributed by atoms with van der Waals surface area (Å²) in [6.45, 7) is 8.11. The van der Waals surface area contributed by atoms with Gasteiger partial charge in [0.2, 0.25) is 0 Å². The lowest BCUT2D eigenvalue weighted by atomic mass is 9.94. The number of benzene rings is 2. The van der Waals surface area contributed by atoms with Crippen LogP contribution in [-0.2, 0) is 0 Å². The fraction of sp³-hybridized carbons (Fsp3) is 0.250. The second-order valence-corrected chi connectivity index (χ2v) is 6.25. The Kier molecular flexibility index (Phi) is 5.08. The summed E-state index contributed by atoms with van der Waals surface area (Å²) in [5.41, 5.74) is 3.35. The molecule has 0 fully saturated rings. The fourth-order valence-electron chi connectivity index (χ4n) is 2.85. The van der Waals surface area contributed by atoms with E-state index in [1.807, 2.05) is 36.4 Å². The molecule has 1 aliphatic heterocycles. The average Bonchev–Trinajstić information content (AvgIpc) is 2.64. The Labute approximate surface area is 146 Å². The average molecular weight is 337 g/mol. The number of nitrogens with zero attached hydrogens (tertiary/aromatic N) is 2. The van der Waals surface area contributed by atoms with Crippen molar-refractivity contribution in [2.45, 2.75) is 25.3 Å². The van der Waals surface area contributed by atoms with Crippen molar-refractivity contribution < 1.29 is 4.79 Å². The first-order chi connectivity index (χ1) is 11.7. The Balaban J connectivity index is 1.81. The van der Waals surface area contributed by atoms with Gasteiger partial charge in [0.05, 0.1) is 0 Å². The highest BCUT2D eigenvalue weighted by molar-refractivity contribution is 6.30. The van der Waals surface area contributed by atoms with E-state index in [0.29, 0.717) is 10.6 Å². The third kappa shape index (κ3) is 3.55. The molecule has 24 heavy (non-hydrogen) atoms. The zero-order valence-corrected chi connectivity index (χ0v) is 14.0. The van der Waals surface area contributed by atoms with Gasteiger partial charge in [-0.05, 0) is 42.5 Å². The van der Waals surface area contributed by atoms with Crippen LogP contribution in [0.2, 0.25) is 5.02 Å². The molecule has 1 aliphatic rings. The van der Waals surface area contributed by atoms with E-state index in [9.17, 15) is 4.79 Å². The SMILES string of the molecule is [C-]#[N+]C(C(=O)c1ccc(-c2ccc(Cl)cc2)cc1)C1=NCCCC1. The lowest BCUT2D eigenvalue weighted by Crippen LogP contribution is -2.29. The Morgan fingerprint density at radius 1 is 1.04 bits per heavy atom. The van der Waals surface area contributed by atoms with Crippen molar-refractivity contribution in [1.29, 1.82) is 0 Å². The summed E-state index contributed by atoms with van der Waals surface area (Å²) in [6.07, 6.45) is 2.80. The molecule has 1 heterocycles. The zero-order chi connectivity index (χ0) is 16.9. The summed E-state index contributed by atoms with van der Waals surface area (Å²) in [7, 11) is 0. The molecule has 0 N–H and O–H groups in total. The van der Waals surface area contributed by atoms with Crippen molar-refractivity contribution in [1.82, 2.24) is 0 Å². The van der Waals surface area contributed by atoms with Gasteiger partial charge in [-0.25, -0.2) is 6.57 Å². The van der Waals surface area contributed by atoms with Crippen LogP contribution in [0.3, 0.4) is 0 Å². The minimum absolute atomic E-state index is 0.159. The number of rotatable bonds is 4. The summed E-state index contributed by atoms with van der Waals surface area (Å²) in [4.78, 5) is 20.6. The minimum Gasteiger partial charge on any atom is -0.298 e. The molecule has 0 saturated heterocycles. The predicted molar refractivity (Wildman–Crippen MR) is 97.8 cm³/mol. The molecule has 3 rings (SSSR count). The standard InChI is InChI=1S/C20H17ClN2O/c1-22-19(18-4-2-3-13-23-18)20(24)16-7-5-14(6-8-16)15-9-11-17(21)12-10-15/h5-12,19H,2-4,13H2. The van der Waals surface area contributed by atoms with Gasteiger partial charge in [-0.2, -0.15) is 0 Å². The minimum atomic E-state index is -0.772. The van der Waals surface area contributed by atoms with Crippen LogP contribution >= 0.6 is 11.6 Å². The molecule has 1 unspecified atom stereocenters. The second-order valence-electron chi connectivity index (χ2n) is 5.81. The molecule has 0 bridgehead atoms.